The molecule has 0 unspecified atom stereocenters. The van der Waals surface area contributed by atoms with Crippen LogP contribution in [0.15, 0.2) is 42.5 Å². The first-order chi connectivity index (χ1) is 13.5. The van der Waals surface area contributed by atoms with Crippen LogP contribution in [-0.4, -0.2) is 24.3 Å². The van der Waals surface area contributed by atoms with Crippen molar-refractivity contribution in [2.75, 3.05) is 11.9 Å². The van der Waals surface area contributed by atoms with E-state index in [-0.39, 0.29) is 6.61 Å². The molecule has 1 N–H and O–H groups in total. The maximum atomic E-state index is 12.2. The number of nitrogens with one attached hydrogen (secondary N) is 1. The van der Waals surface area contributed by atoms with Crippen LogP contribution in [0.25, 0.3) is 0 Å². The number of benzene rings is 2. The molecule has 0 aromatic heterocycles. The maximum Gasteiger partial charge on any atom is 0.338 e. The van der Waals surface area contributed by atoms with E-state index < -0.39 is 17.7 Å². The number of carbonyl (C=O) groups excluding carboxylic acids is 2. The van der Waals surface area contributed by atoms with Gasteiger partial charge in [-0.3, -0.25) is 4.79 Å². The van der Waals surface area contributed by atoms with Crippen molar-refractivity contribution in [2.45, 2.75) is 44.8 Å². The average molecular weight is 381 g/mol. The first kappa shape index (κ1) is 18.3. The third kappa shape index (κ3) is 3.81. The molecule has 1 fully saturated rings. The second kappa shape index (κ2) is 7.54. The van der Waals surface area contributed by atoms with Crippen LogP contribution in [0.2, 0.25) is 0 Å². The molecular weight excluding hydrogens is 358 g/mol. The molecule has 0 saturated heterocycles. The second-order valence-corrected chi connectivity index (χ2v) is 7.28. The molecule has 2 aromatic rings. The predicted octanol–water partition coefficient (Wildman–Crippen LogP) is 4.22. The second-order valence-electron chi connectivity index (χ2n) is 7.28. The van der Waals surface area contributed by atoms with Crippen LogP contribution in [0, 0.1) is 6.92 Å². The summed E-state index contributed by atoms with van der Waals surface area (Å²) in [6.45, 7) is 1.47. The van der Waals surface area contributed by atoms with Gasteiger partial charge < -0.3 is 19.5 Å². The van der Waals surface area contributed by atoms with E-state index in [1.807, 2.05) is 19.1 Å². The van der Waals surface area contributed by atoms with Crippen LogP contribution in [0.5, 0.6) is 11.5 Å². The summed E-state index contributed by atoms with van der Waals surface area (Å²) in [7, 11) is 0. The summed E-state index contributed by atoms with van der Waals surface area (Å²) in [6.07, 6.45) is 5.12. The Labute approximate surface area is 163 Å². The van der Waals surface area contributed by atoms with Crippen molar-refractivity contribution in [1.82, 2.24) is 0 Å². The highest BCUT2D eigenvalue weighted by molar-refractivity contribution is 5.96. The fourth-order valence-electron chi connectivity index (χ4n) is 3.67. The van der Waals surface area contributed by atoms with E-state index in [2.05, 4.69) is 5.32 Å². The number of aryl methyl sites for hydroxylation is 1. The Kier molecular flexibility index (Phi) is 4.94. The number of hydrogen-bond acceptors (Lipinski definition) is 5. The smallest absolute Gasteiger partial charge is 0.338 e. The van der Waals surface area contributed by atoms with E-state index in [0.717, 1.165) is 31.2 Å². The van der Waals surface area contributed by atoms with Crippen molar-refractivity contribution >= 4 is 17.6 Å². The van der Waals surface area contributed by atoms with Crippen molar-refractivity contribution in [3.8, 4) is 11.5 Å². The summed E-state index contributed by atoms with van der Waals surface area (Å²) < 4.78 is 17.2. The van der Waals surface area contributed by atoms with Crippen LogP contribution in [-0.2, 0) is 9.53 Å². The van der Waals surface area contributed by atoms with Gasteiger partial charge in [-0.2, -0.15) is 0 Å². The molecule has 0 bridgehead atoms. The minimum Gasteiger partial charge on any atom is -0.452 e. The minimum atomic E-state index is -0.549. The van der Waals surface area contributed by atoms with Crippen LogP contribution in [0.3, 0.4) is 0 Å². The zero-order valence-electron chi connectivity index (χ0n) is 15.8. The summed E-state index contributed by atoms with van der Waals surface area (Å²) in [5.74, 6) is -0.138. The van der Waals surface area contributed by atoms with Crippen molar-refractivity contribution in [1.29, 1.82) is 0 Å². The summed E-state index contributed by atoms with van der Waals surface area (Å²) in [4.78, 5) is 24.3. The topological polar surface area (TPSA) is 73.9 Å². The van der Waals surface area contributed by atoms with E-state index >= 15 is 0 Å². The Morgan fingerprint density at radius 2 is 1.79 bits per heavy atom. The molecule has 2 aromatic carbocycles. The lowest BCUT2D eigenvalue weighted by Gasteiger charge is -2.31. The van der Waals surface area contributed by atoms with Gasteiger partial charge in [-0.25, -0.2) is 4.79 Å². The summed E-state index contributed by atoms with van der Waals surface area (Å²) in [5.41, 5.74) is 1.84. The minimum absolute atomic E-state index is 0.356. The van der Waals surface area contributed by atoms with Crippen molar-refractivity contribution in [3.05, 3.63) is 53.6 Å². The van der Waals surface area contributed by atoms with Crippen molar-refractivity contribution in [2.24, 2.45) is 0 Å². The van der Waals surface area contributed by atoms with E-state index in [1.54, 1.807) is 30.3 Å². The zero-order valence-corrected chi connectivity index (χ0v) is 15.8. The highest BCUT2D eigenvalue weighted by atomic mass is 16.7. The van der Waals surface area contributed by atoms with Crippen LogP contribution < -0.4 is 14.8 Å². The summed E-state index contributed by atoms with van der Waals surface area (Å²) >= 11 is 0. The van der Waals surface area contributed by atoms with Gasteiger partial charge in [-0.15, -0.1) is 0 Å². The molecular formula is C22H23NO5. The Morgan fingerprint density at radius 1 is 1.04 bits per heavy atom. The van der Waals surface area contributed by atoms with Gasteiger partial charge in [0.25, 0.3) is 11.7 Å². The molecule has 28 heavy (non-hydrogen) atoms. The Hall–Kier alpha value is -3.02. The van der Waals surface area contributed by atoms with E-state index in [0.29, 0.717) is 22.7 Å². The molecule has 6 heteroatoms. The van der Waals surface area contributed by atoms with Crippen LogP contribution >= 0.6 is 0 Å². The SMILES string of the molecule is Cc1ccccc1C(=O)OCC(=O)Nc1ccc2c(c1)OC1(CCCCC1)O2. The molecule has 146 valence electrons. The molecule has 1 saturated carbocycles. The largest absolute Gasteiger partial charge is 0.452 e. The van der Waals surface area contributed by atoms with E-state index in [9.17, 15) is 9.59 Å². The third-order valence-corrected chi connectivity index (χ3v) is 5.13. The third-order valence-electron chi connectivity index (χ3n) is 5.13. The number of esters is 1. The van der Waals surface area contributed by atoms with Crippen molar-refractivity contribution in [3.63, 3.8) is 0 Å². The molecule has 1 aliphatic heterocycles. The highest BCUT2D eigenvalue weighted by Crippen LogP contribution is 2.46. The molecule has 1 spiro atoms. The molecule has 0 atom stereocenters. The highest BCUT2D eigenvalue weighted by Gasteiger charge is 2.42. The maximum absolute atomic E-state index is 12.2. The fraction of sp³-hybridized carbons (Fsp3) is 0.364. The first-order valence-corrected chi connectivity index (χ1v) is 9.59. The van der Waals surface area contributed by atoms with Crippen LogP contribution in [0.1, 0.15) is 48.0 Å². The van der Waals surface area contributed by atoms with Gasteiger partial charge in [0.05, 0.1) is 5.56 Å². The summed E-state index contributed by atoms with van der Waals surface area (Å²) in [5, 5.41) is 2.73. The molecule has 1 heterocycles. The molecule has 0 radical (unpaired) electrons. The first-order valence-electron chi connectivity index (χ1n) is 9.59. The van der Waals surface area contributed by atoms with Gasteiger partial charge in [0.1, 0.15) is 0 Å². The Balaban J connectivity index is 1.34. The molecule has 1 aliphatic carbocycles. The van der Waals surface area contributed by atoms with Gasteiger partial charge in [0.2, 0.25) is 0 Å². The number of amides is 1. The average Bonchev–Trinajstić information content (AvgIpc) is 3.03. The van der Waals surface area contributed by atoms with Gasteiger partial charge in [-0.1, -0.05) is 24.6 Å². The quantitative estimate of drug-likeness (QED) is 0.803. The van der Waals surface area contributed by atoms with Crippen molar-refractivity contribution < 1.29 is 23.8 Å². The lowest BCUT2D eigenvalue weighted by atomic mass is 9.94. The fourth-order valence-corrected chi connectivity index (χ4v) is 3.67. The number of ether oxygens (including phenoxy) is 3. The van der Waals surface area contributed by atoms with Gasteiger partial charge in [0.15, 0.2) is 18.1 Å². The molecule has 4 rings (SSSR count). The van der Waals surface area contributed by atoms with E-state index in [4.69, 9.17) is 14.2 Å². The predicted molar refractivity (Wildman–Crippen MR) is 104 cm³/mol. The number of rotatable bonds is 4. The Bertz CT molecular complexity index is 902. The van der Waals surface area contributed by atoms with Crippen LogP contribution in [0.4, 0.5) is 5.69 Å². The van der Waals surface area contributed by atoms with Gasteiger partial charge in [-0.05, 0) is 43.5 Å². The van der Waals surface area contributed by atoms with Gasteiger partial charge in [0, 0.05) is 24.6 Å². The number of fused-ring (bicyclic) bond motifs is 1. The normalized spacial score (nSPS) is 16.6. The zero-order chi connectivity index (χ0) is 19.6. The molecule has 1 amide bonds. The number of anilines is 1. The van der Waals surface area contributed by atoms with Gasteiger partial charge >= 0.3 is 5.97 Å². The lowest BCUT2D eigenvalue weighted by molar-refractivity contribution is -0.119. The lowest BCUT2D eigenvalue weighted by Crippen LogP contribution is -2.40. The Morgan fingerprint density at radius 3 is 2.57 bits per heavy atom. The number of carbonyl (C=O) groups is 2. The van der Waals surface area contributed by atoms with E-state index in [1.165, 1.54) is 6.42 Å². The summed E-state index contributed by atoms with van der Waals surface area (Å²) in [6, 6.07) is 12.4. The monoisotopic (exact) mass is 381 g/mol. The molecule has 2 aliphatic rings. The number of hydrogen-bond donors (Lipinski definition) is 1. The standard InChI is InChI=1S/C22H23NO5/c1-15-7-3-4-8-17(15)21(25)26-14-20(24)23-16-9-10-18-19(13-16)28-22(27-18)11-5-2-6-12-22/h3-4,7-10,13H,2,5-6,11-12,14H2,1H3,(H,23,24). The molecule has 6 nitrogen and oxygen atoms in total.